The lowest BCUT2D eigenvalue weighted by molar-refractivity contribution is 0.0695. The fourth-order valence-electron chi connectivity index (χ4n) is 1.73. The van der Waals surface area contributed by atoms with Crippen molar-refractivity contribution in [1.29, 1.82) is 0 Å². The molecular weight excluding hydrogens is 343 g/mol. The van der Waals surface area contributed by atoms with Crippen LogP contribution >= 0.6 is 15.9 Å². The van der Waals surface area contributed by atoms with E-state index in [1.165, 1.54) is 12.1 Å². The van der Waals surface area contributed by atoms with E-state index in [0.29, 0.717) is 5.75 Å². The Morgan fingerprint density at radius 3 is 2.76 bits per heavy atom. The minimum absolute atomic E-state index is 0.0188. The molecule has 0 spiro atoms. The summed E-state index contributed by atoms with van der Waals surface area (Å²) < 4.78 is 24.4. The van der Waals surface area contributed by atoms with E-state index in [2.05, 4.69) is 15.9 Å². The van der Waals surface area contributed by atoms with Crippen molar-refractivity contribution in [3.8, 4) is 11.5 Å². The van der Waals surface area contributed by atoms with Crippen molar-refractivity contribution in [2.75, 3.05) is 7.11 Å². The second-order valence-corrected chi connectivity index (χ2v) is 4.98. The molecule has 0 aliphatic carbocycles. The highest BCUT2D eigenvalue weighted by atomic mass is 79.9. The second-order valence-electron chi connectivity index (χ2n) is 4.18. The first-order valence-corrected chi connectivity index (χ1v) is 6.79. The number of halogens is 2. The number of methoxy groups -OCH3 is 1. The van der Waals surface area contributed by atoms with Crippen LogP contribution in [0.25, 0.3) is 0 Å². The molecule has 0 unspecified atom stereocenters. The summed E-state index contributed by atoms with van der Waals surface area (Å²) in [6, 6.07) is 9.78. The molecule has 6 heteroatoms. The minimum Gasteiger partial charge on any atom is -0.497 e. The third-order valence-electron chi connectivity index (χ3n) is 2.81. The van der Waals surface area contributed by atoms with Crippen molar-refractivity contribution in [1.82, 2.24) is 0 Å². The van der Waals surface area contributed by atoms with Crippen molar-refractivity contribution < 1.29 is 23.8 Å². The maximum absolute atomic E-state index is 14.0. The van der Waals surface area contributed by atoms with Crippen LogP contribution in [0.15, 0.2) is 40.9 Å². The van der Waals surface area contributed by atoms with E-state index < -0.39 is 11.8 Å². The van der Waals surface area contributed by atoms with Gasteiger partial charge in [0.1, 0.15) is 12.4 Å². The van der Waals surface area contributed by atoms with Gasteiger partial charge in [-0.05, 0) is 45.8 Å². The Balaban J connectivity index is 2.17. The van der Waals surface area contributed by atoms with Gasteiger partial charge < -0.3 is 14.6 Å². The van der Waals surface area contributed by atoms with Gasteiger partial charge in [0.05, 0.1) is 17.1 Å². The van der Waals surface area contributed by atoms with E-state index in [9.17, 15) is 9.18 Å². The predicted molar refractivity (Wildman–Crippen MR) is 78.4 cm³/mol. The van der Waals surface area contributed by atoms with Crippen LogP contribution in [0.4, 0.5) is 4.39 Å². The van der Waals surface area contributed by atoms with Crippen LogP contribution in [-0.2, 0) is 6.61 Å². The Morgan fingerprint density at radius 2 is 2.10 bits per heavy atom. The van der Waals surface area contributed by atoms with Gasteiger partial charge in [0.15, 0.2) is 11.6 Å². The van der Waals surface area contributed by atoms with Crippen molar-refractivity contribution in [3.63, 3.8) is 0 Å². The number of carbonyl (C=O) groups is 1. The van der Waals surface area contributed by atoms with Gasteiger partial charge >= 0.3 is 5.97 Å². The standard InChI is InChI=1S/C15H12BrFO4/c1-20-10-4-2-3-9(7-10)8-21-12-6-5-11(15(18)19)13(16)14(12)17/h2-7H,8H2,1H3,(H,18,19). The molecule has 0 heterocycles. The van der Waals surface area contributed by atoms with E-state index in [0.717, 1.165) is 5.56 Å². The molecule has 110 valence electrons. The second kappa shape index (κ2) is 6.58. The monoisotopic (exact) mass is 354 g/mol. The number of benzene rings is 2. The average molecular weight is 355 g/mol. The van der Waals surface area contributed by atoms with Gasteiger partial charge in [-0.1, -0.05) is 12.1 Å². The normalized spacial score (nSPS) is 10.2. The van der Waals surface area contributed by atoms with Crippen LogP contribution in [0.3, 0.4) is 0 Å². The fourth-order valence-corrected chi connectivity index (χ4v) is 2.23. The zero-order chi connectivity index (χ0) is 15.4. The smallest absolute Gasteiger partial charge is 0.336 e. The Kier molecular flexibility index (Phi) is 4.80. The molecule has 0 saturated carbocycles. The van der Waals surface area contributed by atoms with Crippen molar-refractivity contribution in [2.45, 2.75) is 6.61 Å². The summed E-state index contributed by atoms with van der Waals surface area (Å²) in [5.41, 5.74) is 0.661. The molecule has 2 aromatic rings. The largest absolute Gasteiger partial charge is 0.497 e. The Bertz CT molecular complexity index is 673. The molecule has 0 radical (unpaired) electrons. The SMILES string of the molecule is COc1cccc(COc2ccc(C(=O)O)c(Br)c2F)c1. The number of ether oxygens (including phenoxy) is 2. The van der Waals surface area contributed by atoms with Gasteiger partial charge in [0.2, 0.25) is 0 Å². The van der Waals surface area contributed by atoms with Gasteiger partial charge in [-0.25, -0.2) is 9.18 Å². The molecule has 0 bridgehead atoms. The van der Waals surface area contributed by atoms with Crippen LogP contribution in [0.5, 0.6) is 11.5 Å². The van der Waals surface area contributed by atoms with Crippen molar-refractivity contribution in [2.24, 2.45) is 0 Å². The number of aromatic carboxylic acids is 1. The summed E-state index contributed by atoms with van der Waals surface area (Å²) >= 11 is 2.92. The van der Waals surface area contributed by atoms with E-state index in [1.807, 2.05) is 6.07 Å². The summed E-state index contributed by atoms with van der Waals surface area (Å²) in [5.74, 6) is -1.29. The molecule has 0 aliphatic rings. The quantitative estimate of drug-likeness (QED) is 0.885. The molecule has 0 fully saturated rings. The number of rotatable bonds is 5. The summed E-state index contributed by atoms with van der Waals surface area (Å²) in [6.07, 6.45) is 0. The van der Waals surface area contributed by atoms with Gasteiger partial charge in [-0.3, -0.25) is 0 Å². The molecule has 0 atom stereocenters. The predicted octanol–water partition coefficient (Wildman–Crippen LogP) is 3.87. The third-order valence-corrected chi connectivity index (χ3v) is 3.58. The topological polar surface area (TPSA) is 55.8 Å². The van der Waals surface area contributed by atoms with Crippen LogP contribution in [-0.4, -0.2) is 18.2 Å². The molecule has 0 saturated heterocycles. The van der Waals surface area contributed by atoms with Crippen LogP contribution < -0.4 is 9.47 Å². The zero-order valence-corrected chi connectivity index (χ0v) is 12.7. The van der Waals surface area contributed by atoms with E-state index in [4.69, 9.17) is 14.6 Å². The Morgan fingerprint density at radius 1 is 1.33 bits per heavy atom. The molecule has 0 aromatic heterocycles. The lowest BCUT2D eigenvalue weighted by atomic mass is 10.2. The van der Waals surface area contributed by atoms with E-state index in [1.54, 1.807) is 25.3 Å². The minimum atomic E-state index is -1.21. The number of carboxylic acids is 1. The molecule has 1 N–H and O–H groups in total. The highest BCUT2D eigenvalue weighted by Crippen LogP contribution is 2.29. The van der Waals surface area contributed by atoms with Gasteiger partial charge in [0, 0.05) is 0 Å². The first-order chi connectivity index (χ1) is 10.0. The summed E-state index contributed by atoms with van der Waals surface area (Å²) in [4.78, 5) is 10.9. The molecular formula is C15H12BrFO4. The van der Waals surface area contributed by atoms with Crippen LogP contribution in [0.2, 0.25) is 0 Å². The zero-order valence-electron chi connectivity index (χ0n) is 11.1. The number of hydrogen-bond acceptors (Lipinski definition) is 3. The third kappa shape index (κ3) is 3.52. The number of hydrogen-bond donors (Lipinski definition) is 1. The maximum Gasteiger partial charge on any atom is 0.336 e. The lowest BCUT2D eigenvalue weighted by Gasteiger charge is -2.10. The molecule has 0 amide bonds. The molecule has 0 aliphatic heterocycles. The highest BCUT2D eigenvalue weighted by molar-refractivity contribution is 9.10. The summed E-state index contributed by atoms with van der Waals surface area (Å²) in [7, 11) is 1.56. The van der Waals surface area contributed by atoms with Gasteiger partial charge in [0.25, 0.3) is 0 Å². The van der Waals surface area contributed by atoms with Gasteiger partial charge in [-0.15, -0.1) is 0 Å². The highest BCUT2D eigenvalue weighted by Gasteiger charge is 2.16. The summed E-state index contributed by atoms with van der Waals surface area (Å²) in [6.45, 7) is 0.146. The van der Waals surface area contributed by atoms with Crippen LogP contribution in [0.1, 0.15) is 15.9 Å². The summed E-state index contributed by atoms with van der Waals surface area (Å²) in [5, 5.41) is 8.90. The lowest BCUT2D eigenvalue weighted by Crippen LogP contribution is -2.03. The first-order valence-electron chi connectivity index (χ1n) is 6.00. The molecule has 2 rings (SSSR count). The van der Waals surface area contributed by atoms with Crippen molar-refractivity contribution >= 4 is 21.9 Å². The maximum atomic E-state index is 14.0. The number of carboxylic acid groups (broad SMARTS) is 1. The Labute approximate surface area is 129 Å². The molecule has 21 heavy (non-hydrogen) atoms. The first kappa shape index (κ1) is 15.3. The average Bonchev–Trinajstić information content (AvgIpc) is 2.48. The van der Waals surface area contributed by atoms with E-state index in [-0.39, 0.29) is 22.4 Å². The van der Waals surface area contributed by atoms with Crippen LogP contribution in [0, 0.1) is 5.82 Å². The molecule has 2 aromatic carbocycles. The fraction of sp³-hybridized carbons (Fsp3) is 0.133. The van der Waals surface area contributed by atoms with Crippen molar-refractivity contribution in [3.05, 3.63) is 57.8 Å². The van der Waals surface area contributed by atoms with Gasteiger partial charge in [-0.2, -0.15) is 0 Å². The molecule has 4 nitrogen and oxygen atoms in total. The Hall–Kier alpha value is -2.08. The van der Waals surface area contributed by atoms with E-state index >= 15 is 0 Å².